The van der Waals surface area contributed by atoms with Crippen molar-refractivity contribution < 1.29 is 5.11 Å². The van der Waals surface area contributed by atoms with Gasteiger partial charge >= 0.3 is 0 Å². The van der Waals surface area contributed by atoms with Crippen LogP contribution in [0.5, 0.6) is 5.75 Å². The van der Waals surface area contributed by atoms with E-state index in [1.807, 2.05) is 6.07 Å². The number of hydrogen-bond donors (Lipinski definition) is 2. The number of hydrogen-bond acceptors (Lipinski definition) is 2. The Morgan fingerprint density at radius 3 is 2.57 bits per heavy atom. The number of rotatable bonds is 2. The fourth-order valence-electron chi connectivity index (χ4n) is 1.06. The van der Waals surface area contributed by atoms with Gasteiger partial charge in [0.2, 0.25) is 0 Å². The van der Waals surface area contributed by atoms with Gasteiger partial charge in [0, 0.05) is 16.6 Å². The molecule has 0 aliphatic carbocycles. The zero-order valence-electron chi connectivity index (χ0n) is 8.76. The van der Waals surface area contributed by atoms with E-state index < -0.39 is 0 Å². The van der Waals surface area contributed by atoms with Gasteiger partial charge in [-0.2, -0.15) is 0 Å². The third kappa shape index (κ3) is 3.68. The summed E-state index contributed by atoms with van der Waals surface area (Å²) in [6.07, 6.45) is 0. The highest BCUT2D eigenvalue weighted by atomic mass is 79.9. The second kappa shape index (κ2) is 4.32. The molecule has 14 heavy (non-hydrogen) atoms. The summed E-state index contributed by atoms with van der Waals surface area (Å²) in [6, 6.07) is 5.29. The SMILES string of the molecule is CC(C)(C)NCc1cc(O)ccc1Br. The number of halogens is 1. The molecule has 0 spiro atoms. The molecule has 0 unspecified atom stereocenters. The molecule has 1 rings (SSSR count). The summed E-state index contributed by atoms with van der Waals surface area (Å²) < 4.78 is 1.02. The molecule has 1 aromatic carbocycles. The van der Waals surface area contributed by atoms with Gasteiger partial charge in [0.05, 0.1) is 0 Å². The highest BCUT2D eigenvalue weighted by Gasteiger charge is 2.09. The molecule has 0 bridgehead atoms. The van der Waals surface area contributed by atoms with Gasteiger partial charge < -0.3 is 10.4 Å². The van der Waals surface area contributed by atoms with Crippen LogP contribution in [0.4, 0.5) is 0 Å². The van der Waals surface area contributed by atoms with E-state index in [1.165, 1.54) is 0 Å². The van der Waals surface area contributed by atoms with E-state index in [0.29, 0.717) is 5.75 Å². The lowest BCUT2D eigenvalue weighted by molar-refractivity contribution is 0.422. The van der Waals surface area contributed by atoms with Crippen molar-refractivity contribution in [1.82, 2.24) is 5.32 Å². The molecule has 1 aromatic rings. The first-order chi connectivity index (χ1) is 6.38. The fraction of sp³-hybridized carbons (Fsp3) is 0.455. The molecule has 0 aliphatic heterocycles. The van der Waals surface area contributed by atoms with E-state index in [9.17, 15) is 5.11 Å². The second-order valence-electron chi connectivity index (χ2n) is 4.38. The predicted octanol–water partition coefficient (Wildman–Crippen LogP) is 3.04. The summed E-state index contributed by atoms with van der Waals surface area (Å²) in [4.78, 5) is 0. The Bertz CT molecular complexity index is 318. The number of benzene rings is 1. The number of nitrogens with one attached hydrogen (secondary N) is 1. The van der Waals surface area contributed by atoms with Crippen molar-refractivity contribution in [3.63, 3.8) is 0 Å². The van der Waals surface area contributed by atoms with Gasteiger partial charge in [0.15, 0.2) is 0 Å². The van der Waals surface area contributed by atoms with E-state index in [-0.39, 0.29) is 5.54 Å². The van der Waals surface area contributed by atoms with Crippen LogP contribution in [0, 0.1) is 0 Å². The number of phenols is 1. The third-order valence-corrected chi connectivity index (χ3v) is 2.61. The molecule has 0 aromatic heterocycles. The molecule has 2 N–H and O–H groups in total. The molecule has 0 radical (unpaired) electrons. The minimum absolute atomic E-state index is 0.0882. The Labute approximate surface area is 93.5 Å². The van der Waals surface area contributed by atoms with Crippen molar-refractivity contribution in [3.05, 3.63) is 28.2 Å². The maximum absolute atomic E-state index is 9.32. The van der Waals surface area contributed by atoms with Gasteiger partial charge in [0.1, 0.15) is 5.75 Å². The number of phenolic OH excluding ortho intramolecular Hbond substituents is 1. The first-order valence-corrected chi connectivity index (χ1v) is 5.40. The predicted molar refractivity (Wildman–Crippen MR) is 62.4 cm³/mol. The minimum atomic E-state index is 0.0882. The Hall–Kier alpha value is -0.540. The molecule has 2 nitrogen and oxygen atoms in total. The van der Waals surface area contributed by atoms with Crippen LogP contribution in [-0.2, 0) is 6.54 Å². The molecule has 0 aliphatic rings. The highest BCUT2D eigenvalue weighted by molar-refractivity contribution is 9.10. The van der Waals surface area contributed by atoms with E-state index in [0.717, 1.165) is 16.6 Å². The van der Waals surface area contributed by atoms with Gasteiger partial charge in [-0.3, -0.25) is 0 Å². The zero-order chi connectivity index (χ0) is 10.8. The van der Waals surface area contributed by atoms with Gasteiger partial charge in [-0.1, -0.05) is 15.9 Å². The lowest BCUT2D eigenvalue weighted by atomic mass is 10.1. The monoisotopic (exact) mass is 257 g/mol. The maximum atomic E-state index is 9.32. The summed E-state index contributed by atoms with van der Waals surface area (Å²) >= 11 is 3.45. The molecule has 0 saturated heterocycles. The summed E-state index contributed by atoms with van der Waals surface area (Å²) in [7, 11) is 0. The molecule has 0 amide bonds. The maximum Gasteiger partial charge on any atom is 0.115 e. The van der Waals surface area contributed by atoms with Crippen molar-refractivity contribution in [2.24, 2.45) is 0 Å². The lowest BCUT2D eigenvalue weighted by Gasteiger charge is -2.21. The Morgan fingerprint density at radius 1 is 1.36 bits per heavy atom. The Balaban J connectivity index is 2.72. The molecule has 0 saturated carbocycles. The average molecular weight is 258 g/mol. The smallest absolute Gasteiger partial charge is 0.115 e. The van der Waals surface area contributed by atoms with Crippen LogP contribution in [0.15, 0.2) is 22.7 Å². The second-order valence-corrected chi connectivity index (χ2v) is 5.23. The van der Waals surface area contributed by atoms with Crippen molar-refractivity contribution in [2.45, 2.75) is 32.9 Å². The fourth-order valence-corrected chi connectivity index (χ4v) is 1.44. The zero-order valence-corrected chi connectivity index (χ0v) is 10.4. The normalized spacial score (nSPS) is 11.7. The minimum Gasteiger partial charge on any atom is -0.508 e. The van der Waals surface area contributed by atoms with Crippen LogP contribution in [0.2, 0.25) is 0 Å². The molecule has 0 heterocycles. The summed E-state index contributed by atoms with van der Waals surface area (Å²) in [5.41, 5.74) is 1.16. The van der Waals surface area contributed by atoms with Crippen LogP contribution in [-0.4, -0.2) is 10.6 Å². The van der Waals surface area contributed by atoms with Gasteiger partial charge in [-0.25, -0.2) is 0 Å². The van der Waals surface area contributed by atoms with Gasteiger partial charge in [0.25, 0.3) is 0 Å². The summed E-state index contributed by atoms with van der Waals surface area (Å²) in [6.45, 7) is 7.09. The van der Waals surface area contributed by atoms with Gasteiger partial charge in [-0.15, -0.1) is 0 Å². The third-order valence-electron chi connectivity index (χ3n) is 1.84. The standard InChI is InChI=1S/C11H16BrNO/c1-11(2,3)13-7-8-6-9(14)4-5-10(8)12/h4-6,13-14H,7H2,1-3H3. The van der Waals surface area contributed by atoms with E-state index in [2.05, 4.69) is 42.0 Å². The average Bonchev–Trinajstić information content (AvgIpc) is 2.05. The number of aromatic hydroxyl groups is 1. The topological polar surface area (TPSA) is 32.3 Å². The largest absolute Gasteiger partial charge is 0.508 e. The lowest BCUT2D eigenvalue weighted by Crippen LogP contribution is -2.35. The van der Waals surface area contributed by atoms with Crippen LogP contribution >= 0.6 is 15.9 Å². The molecular formula is C11H16BrNO. The van der Waals surface area contributed by atoms with Crippen molar-refractivity contribution >= 4 is 15.9 Å². The summed E-state index contributed by atoms with van der Waals surface area (Å²) in [5.74, 6) is 0.305. The molecule has 3 heteroatoms. The Morgan fingerprint density at radius 2 is 2.00 bits per heavy atom. The molecule has 0 atom stereocenters. The molecule has 78 valence electrons. The van der Waals surface area contributed by atoms with Gasteiger partial charge in [-0.05, 0) is 44.5 Å². The summed E-state index contributed by atoms with van der Waals surface area (Å²) in [5, 5.41) is 12.7. The molecular weight excluding hydrogens is 242 g/mol. The van der Waals surface area contributed by atoms with Crippen LogP contribution in [0.3, 0.4) is 0 Å². The van der Waals surface area contributed by atoms with Crippen LogP contribution in [0.1, 0.15) is 26.3 Å². The Kier molecular flexibility index (Phi) is 3.56. The molecule has 0 fully saturated rings. The van der Waals surface area contributed by atoms with E-state index in [1.54, 1.807) is 12.1 Å². The van der Waals surface area contributed by atoms with Crippen molar-refractivity contribution in [3.8, 4) is 5.75 Å². The first-order valence-electron chi connectivity index (χ1n) is 4.61. The van der Waals surface area contributed by atoms with Crippen LogP contribution in [0.25, 0.3) is 0 Å². The first kappa shape index (κ1) is 11.5. The van der Waals surface area contributed by atoms with Crippen molar-refractivity contribution in [2.75, 3.05) is 0 Å². The van der Waals surface area contributed by atoms with Crippen molar-refractivity contribution in [1.29, 1.82) is 0 Å². The van der Waals surface area contributed by atoms with E-state index in [4.69, 9.17) is 0 Å². The quantitative estimate of drug-likeness (QED) is 0.854. The highest BCUT2D eigenvalue weighted by Crippen LogP contribution is 2.21. The van der Waals surface area contributed by atoms with E-state index >= 15 is 0 Å². The van der Waals surface area contributed by atoms with Crippen LogP contribution < -0.4 is 5.32 Å².